The zero-order valence-electron chi connectivity index (χ0n) is 9.83. The van der Waals surface area contributed by atoms with Gasteiger partial charge in [0.15, 0.2) is 0 Å². The van der Waals surface area contributed by atoms with Crippen molar-refractivity contribution >= 4 is 11.4 Å². The van der Waals surface area contributed by atoms with Gasteiger partial charge >= 0.3 is 0 Å². The van der Waals surface area contributed by atoms with Gasteiger partial charge < -0.3 is 15.8 Å². The molecule has 2 rings (SSSR count). The molecule has 0 radical (unpaired) electrons. The van der Waals surface area contributed by atoms with Gasteiger partial charge in [-0.2, -0.15) is 0 Å². The van der Waals surface area contributed by atoms with Gasteiger partial charge in [-0.25, -0.2) is 0 Å². The lowest BCUT2D eigenvalue weighted by molar-refractivity contribution is 0.0248. The van der Waals surface area contributed by atoms with Crippen molar-refractivity contribution < 1.29 is 4.74 Å². The van der Waals surface area contributed by atoms with Crippen LogP contribution in [-0.4, -0.2) is 19.3 Å². The molecule has 1 unspecified atom stereocenters. The number of ether oxygens (including phenoxy) is 1. The van der Waals surface area contributed by atoms with Crippen LogP contribution in [0.2, 0.25) is 0 Å². The van der Waals surface area contributed by atoms with Crippen LogP contribution in [0.5, 0.6) is 0 Å². The van der Waals surface area contributed by atoms with Crippen molar-refractivity contribution in [3.05, 3.63) is 23.8 Å². The minimum absolute atomic E-state index is 0.341. The molecule has 0 aromatic heterocycles. The van der Waals surface area contributed by atoms with Gasteiger partial charge in [-0.1, -0.05) is 12.1 Å². The van der Waals surface area contributed by atoms with E-state index in [1.165, 1.54) is 12.8 Å². The second-order valence-corrected chi connectivity index (χ2v) is 4.41. The monoisotopic (exact) mass is 220 g/mol. The standard InChI is InChI=1S/C13H20N2O/c1-10-5-4-7-12(13(10)14)15-9-11-6-2-3-8-16-11/h4-5,7,11,15H,2-3,6,8-9,14H2,1H3. The Hall–Kier alpha value is -1.22. The number of rotatable bonds is 3. The zero-order valence-corrected chi connectivity index (χ0v) is 9.83. The quantitative estimate of drug-likeness (QED) is 0.770. The molecule has 0 spiro atoms. The highest BCUT2D eigenvalue weighted by Crippen LogP contribution is 2.22. The van der Waals surface area contributed by atoms with Crippen molar-refractivity contribution in [3.63, 3.8) is 0 Å². The topological polar surface area (TPSA) is 47.3 Å². The molecule has 1 aromatic rings. The molecule has 3 heteroatoms. The summed E-state index contributed by atoms with van der Waals surface area (Å²) in [4.78, 5) is 0. The molecule has 0 saturated carbocycles. The number of anilines is 2. The number of aryl methyl sites for hydroxylation is 1. The van der Waals surface area contributed by atoms with Crippen molar-refractivity contribution in [3.8, 4) is 0 Å². The molecule has 3 nitrogen and oxygen atoms in total. The van der Waals surface area contributed by atoms with Crippen molar-refractivity contribution in [2.45, 2.75) is 32.3 Å². The van der Waals surface area contributed by atoms with E-state index in [4.69, 9.17) is 10.5 Å². The Labute approximate surface area is 97.0 Å². The fourth-order valence-corrected chi connectivity index (χ4v) is 2.03. The van der Waals surface area contributed by atoms with E-state index in [-0.39, 0.29) is 0 Å². The third-order valence-corrected chi connectivity index (χ3v) is 3.12. The summed E-state index contributed by atoms with van der Waals surface area (Å²) in [6.45, 7) is 3.78. The first-order chi connectivity index (χ1) is 7.77. The minimum atomic E-state index is 0.341. The Morgan fingerprint density at radius 3 is 3.06 bits per heavy atom. The average molecular weight is 220 g/mol. The van der Waals surface area contributed by atoms with Crippen LogP contribution in [0.25, 0.3) is 0 Å². The highest BCUT2D eigenvalue weighted by molar-refractivity contribution is 5.69. The molecule has 1 aliphatic rings. The largest absolute Gasteiger partial charge is 0.397 e. The third kappa shape index (κ3) is 2.67. The maximum Gasteiger partial charge on any atom is 0.0747 e. The van der Waals surface area contributed by atoms with E-state index in [1.807, 2.05) is 25.1 Å². The molecular formula is C13H20N2O. The van der Waals surface area contributed by atoms with Crippen LogP contribution in [0.4, 0.5) is 11.4 Å². The van der Waals surface area contributed by atoms with E-state index in [9.17, 15) is 0 Å². The summed E-state index contributed by atoms with van der Waals surface area (Å²) in [5, 5.41) is 3.37. The summed E-state index contributed by atoms with van der Waals surface area (Å²) < 4.78 is 5.67. The Morgan fingerprint density at radius 2 is 2.31 bits per heavy atom. The van der Waals surface area contributed by atoms with Gasteiger partial charge in [-0.3, -0.25) is 0 Å². The Morgan fingerprint density at radius 1 is 1.44 bits per heavy atom. The SMILES string of the molecule is Cc1cccc(NCC2CCCCO2)c1N. The fraction of sp³-hybridized carbons (Fsp3) is 0.538. The second-order valence-electron chi connectivity index (χ2n) is 4.41. The van der Waals surface area contributed by atoms with Crippen molar-refractivity contribution in [1.82, 2.24) is 0 Å². The first-order valence-corrected chi connectivity index (χ1v) is 5.98. The maximum atomic E-state index is 5.99. The van der Waals surface area contributed by atoms with Gasteiger partial charge in [0.05, 0.1) is 17.5 Å². The number of benzene rings is 1. The lowest BCUT2D eigenvalue weighted by Crippen LogP contribution is -2.27. The van der Waals surface area contributed by atoms with Gasteiger partial charge in [0.1, 0.15) is 0 Å². The smallest absolute Gasteiger partial charge is 0.0747 e. The molecule has 1 aromatic carbocycles. The first kappa shape index (κ1) is 11.3. The minimum Gasteiger partial charge on any atom is -0.397 e. The number of nitrogens with two attached hydrogens (primary N) is 1. The lowest BCUT2D eigenvalue weighted by Gasteiger charge is -2.23. The van der Waals surface area contributed by atoms with Crippen LogP contribution in [0.3, 0.4) is 0 Å². The summed E-state index contributed by atoms with van der Waals surface area (Å²) in [5.74, 6) is 0. The molecular weight excluding hydrogens is 200 g/mol. The Bertz CT molecular complexity index is 346. The Balaban J connectivity index is 1.91. The summed E-state index contributed by atoms with van der Waals surface area (Å²) in [7, 11) is 0. The number of para-hydroxylation sites is 1. The van der Waals surface area contributed by atoms with Crippen LogP contribution < -0.4 is 11.1 Å². The van der Waals surface area contributed by atoms with Gasteiger partial charge in [-0.15, -0.1) is 0 Å². The molecule has 1 atom stereocenters. The van der Waals surface area contributed by atoms with Crippen molar-refractivity contribution in [2.24, 2.45) is 0 Å². The highest BCUT2D eigenvalue weighted by Gasteiger charge is 2.13. The zero-order chi connectivity index (χ0) is 11.4. The lowest BCUT2D eigenvalue weighted by atomic mass is 10.1. The summed E-state index contributed by atoms with van der Waals surface area (Å²) >= 11 is 0. The summed E-state index contributed by atoms with van der Waals surface area (Å²) in [6, 6.07) is 6.07. The van der Waals surface area contributed by atoms with Crippen LogP contribution in [0.1, 0.15) is 24.8 Å². The second kappa shape index (κ2) is 5.21. The third-order valence-electron chi connectivity index (χ3n) is 3.12. The predicted molar refractivity (Wildman–Crippen MR) is 67.7 cm³/mol. The van der Waals surface area contributed by atoms with Gasteiger partial charge in [-0.05, 0) is 37.8 Å². The van der Waals surface area contributed by atoms with Crippen LogP contribution >= 0.6 is 0 Å². The molecule has 0 aliphatic carbocycles. The molecule has 1 fully saturated rings. The molecule has 3 N–H and O–H groups in total. The van der Waals surface area contributed by atoms with Gasteiger partial charge in [0, 0.05) is 13.2 Å². The van der Waals surface area contributed by atoms with E-state index in [0.29, 0.717) is 6.10 Å². The van der Waals surface area contributed by atoms with E-state index in [2.05, 4.69) is 5.32 Å². The molecule has 88 valence electrons. The van der Waals surface area contributed by atoms with E-state index in [1.54, 1.807) is 0 Å². The molecule has 1 saturated heterocycles. The summed E-state index contributed by atoms with van der Waals surface area (Å²) in [6.07, 6.45) is 3.96. The summed E-state index contributed by atoms with van der Waals surface area (Å²) in [5.41, 5.74) is 8.98. The first-order valence-electron chi connectivity index (χ1n) is 5.98. The Kier molecular flexibility index (Phi) is 3.67. The van der Waals surface area contributed by atoms with E-state index >= 15 is 0 Å². The van der Waals surface area contributed by atoms with E-state index < -0.39 is 0 Å². The molecule has 0 amide bonds. The van der Waals surface area contributed by atoms with Crippen LogP contribution in [0, 0.1) is 6.92 Å². The van der Waals surface area contributed by atoms with Gasteiger partial charge in [0.2, 0.25) is 0 Å². The molecule has 0 bridgehead atoms. The molecule has 1 heterocycles. The van der Waals surface area contributed by atoms with Crippen molar-refractivity contribution in [2.75, 3.05) is 24.2 Å². The normalized spacial score (nSPS) is 20.7. The number of hydrogen-bond donors (Lipinski definition) is 2. The fourth-order valence-electron chi connectivity index (χ4n) is 2.03. The van der Waals surface area contributed by atoms with Crippen LogP contribution in [-0.2, 0) is 4.74 Å². The average Bonchev–Trinajstić information content (AvgIpc) is 2.32. The van der Waals surface area contributed by atoms with Gasteiger partial charge in [0.25, 0.3) is 0 Å². The number of nitrogens with one attached hydrogen (secondary N) is 1. The van der Waals surface area contributed by atoms with Crippen molar-refractivity contribution in [1.29, 1.82) is 0 Å². The number of hydrogen-bond acceptors (Lipinski definition) is 3. The number of nitrogen functional groups attached to an aromatic ring is 1. The highest BCUT2D eigenvalue weighted by atomic mass is 16.5. The van der Waals surface area contributed by atoms with Crippen LogP contribution in [0.15, 0.2) is 18.2 Å². The predicted octanol–water partition coefficient (Wildman–Crippen LogP) is 2.56. The maximum absolute atomic E-state index is 5.99. The van der Waals surface area contributed by atoms with E-state index in [0.717, 1.165) is 36.5 Å². The molecule has 16 heavy (non-hydrogen) atoms. The molecule has 1 aliphatic heterocycles.